The quantitative estimate of drug-likeness (QED) is 0.741. The van der Waals surface area contributed by atoms with Gasteiger partial charge in [0.25, 0.3) is 0 Å². The lowest BCUT2D eigenvalue weighted by atomic mass is 9.88. The molecule has 1 aromatic heterocycles. The number of rotatable bonds is 2. The van der Waals surface area contributed by atoms with Gasteiger partial charge in [-0.2, -0.15) is 0 Å². The van der Waals surface area contributed by atoms with Crippen LogP contribution in [0, 0.1) is 10.2 Å². The molecule has 1 atom stereocenters. The van der Waals surface area contributed by atoms with Gasteiger partial charge in [-0.3, -0.25) is 0 Å². The third-order valence-electron chi connectivity index (χ3n) is 2.89. The smallest absolute Gasteiger partial charge is 0.177 e. The van der Waals surface area contributed by atoms with Crippen molar-refractivity contribution in [3.63, 3.8) is 0 Å². The van der Waals surface area contributed by atoms with Gasteiger partial charge < -0.3 is 9.55 Å². The van der Waals surface area contributed by atoms with Crippen LogP contribution in [0.25, 0.3) is 0 Å². The van der Waals surface area contributed by atoms with E-state index in [1.165, 1.54) is 5.69 Å². The summed E-state index contributed by atoms with van der Waals surface area (Å²) in [4.78, 5) is 3.12. The van der Waals surface area contributed by atoms with Crippen molar-refractivity contribution in [2.45, 2.75) is 47.1 Å². The maximum atomic E-state index is 5.29. The zero-order valence-electron chi connectivity index (χ0n) is 9.72. The Hall–Kier alpha value is -0.570. The number of aromatic nitrogens is 2. The molecular formula is C11H20N2S. The van der Waals surface area contributed by atoms with Crippen LogP contribution in [-0.2, 0) is 6.42 Å². The van der Waals surface area contributed by atoms with Crippen LogP contribution in [-0.4, -0.2) is 9.55 Å². The van der Waals surface area contributed by atoms with Crippen LogP contribution >= 0.6 is 12.2 Å². The molecule has 0 aliphatic carbocycles. The van der Waals surface area contributed by atoms with Crippen molar-refractivity contribution < 1.29 is 0 Å². The monoisotopic (exact) mass is 212 g/mol. The van der Waals surface area contributed by atoms with Gasteiger partial charge in [0.05, 0.1) is 0 Å². The molecule has 0 bridgehead atoms. The van der Waals surface area contributed by atoms with Gasteiger partial charge in [0, 0.05) is 17.9 Å². The average molecular weight is 212 g/mol. The summed E-state index contributed by atoms with van der Waals surface area (Å²) in [7, 11) is 0. The number of imidazole rings is 1. The van der Waals surface area contributed by atoms with E-state index in [4.69, 9.17) is 12.2 Å². The van der Waals surface area contributed by atoms with Crippen molar-refractivity contribution in [3.05, 3.63) is 16.7 Å². The maximum Gasteiger partial charge on any atom is 0.177 e. The van der Waals surface area contributed by atoms with E-state index < -0.39 is 0 Å². The molecule has 1 unspecified atom stereocenters. The number of aromatic amines is 1. The molecule has 2 nitrogen and oxygen atoms in total. The predicted octanol–water partition coefficient (Wildman–Crippen LogP) is 3.72. The number of nitrogens with zero attached hydrogens (tertiary/aromatic N) is 1. The van der Waals surface area contributed by atoms with E-state index in [9.17, 15) is 0 Å². The first-order valence-corrected chi connectivity index (χ1v) is 5.57. The number of hydrogen-bond donors (Lipinski definition) is 1. The highest BCUT2D eigenvalue weighted by atomic mass is 32.1. The fraction of sp³-hybridized carbons (Fsp3) is 0.727. The lowest BCUT2D eigenvalue weighted by Crippen LogP contribution is -2.23. The minimum atomic E-state index is 0.240. The van der Waals surface area contributed by atoms with E-state index in [1.807, 2.05) is 6.20 Å². The van der Waals surface area contributed by atoms with Crippen LogP contribution < -0.4 is 0 Å². The van der Waals surface area contributed by atoms with E-state index in [1.54, 1.807) is 0 Å². The first kappa shape index (κ1) is 11.5. The van der Waals surface area contributed by atoms with E-state index in [0.29, 0.717) is 6.04 Å². The number of hydrogen-bond acceptors (Lipinski definition) is 1. The first-order valence-electron chi connectivity index (χ1n) is 5.16. The number of nitrogens with one attached hydrogen (secondary N) is 1. The molecule has 0 fully saturated rings. The molecule has 80 valence electrons. The molecular weight excluding hydrogens is 192 g/mol. The van der Waals surface area contributed by atoms with Crippen LogP contribution in [0.15, 0.2) is 6.20 Å². The van der Waals surface area contributed by atoms with E-state index >= 15 is 0 Å². The summed E-state index contributed by atoms with van der Waals surface area (Å²) < 4.78 is 3.07. The van der Waals surface area contributed by atoms with Crippen molar-refractivity contribution in [2.24, 2.45) is 5.41 Å². The Morgan fingerprint density at radius 3 is 2.50 bits per heavy atom. The molecule has 1 rings (SSSR count). The molecule has 0 saturated carbocycles. The minimum Gasteiger partial charge on any atom is -0.337 e. The molecule has 0 aliphatic heterocycles. The third kappa shape index (κ3) is 2.08. The first-order chi connectivity index (χ1) is 6.38. The molecule has 14 heavy (non-hydrogen) atoms. The maximum absolute atomic E-state index is 5.29. The molecule has 0 aliphatic rings. The average Bonchev–Trinajstić information content (AvgIpc) is 2.43. The van der Waals surface area contributed by atoms with Gasteiger partial charge in [-0.1, -0.05) is 27.7 Å². The van der Waals surface area contributed by atoms with Gasteiger partial charge in [0.15, 0.2) is 4.77 Å². The highest BCUT2D eigenvalue weighted by Crippen LogP contribution is 2.31. The predicted molar refractivity (Wildman–Crippen MR) is 63.2 cm³/mol. The lowest BCUT2D eigenvalue weighted by molar-refractivity contribution is 0.256. The second kappa shape index (κ2) is 3.89. The van der Waals surface area contributed by atoms with Crippen molar-refractivity contribution in [1.29, 1.82) is 0 Å². The summed E-state index contributed by atoms with van der Waals surface area (Å²) in [5.41, 5.74) is 1.53. The number of aryl methyl sites for hydroxylation is 1. The highest BCUT2D eigenvalue weighted by molar-refractivity contribution is 7.71. The van der Waals surface area contributed by atoms with Crippen LogP contribution in [0.5, 0.6) is 0 Å². The molecule has 1 aromatic rings. The fourth-order valence-electron chi connectivity index (χ4n) is 1.50. The molecule has 3 heteroatoms. The van der Waals surface area contributed by atoms with E-state index in [0.717, 1.165) is 11.2 Å². The van der Waals surface area contributed by atoms with Crippen molar-refractivity contribution >= 4 is 12.2 Å². The SMILES string of the molecule is CCc1c[nH]c(=S)n1C(C)C(C)(C)C. The summed E-state index contributed by atoms with van der Waals surface area (Å²) in [6.45, 7) is 11.1. The van der Waals surface area contributed by atoms with Crippen LogP contribution in [0.1, 0.15) is 46.4 Å². The molecule has 0 radical (unpaired) electrons. The Kier molecular flexibility index (Phi) is 3.20. The van der Waals surface area contributed by atoms with Crippen molar-refractivity contribution in [3.8, 4) is 0 Å². The standard InChI is InChI=1S/C11H20N2S/c1-6-9-7-12-10(14)13(9)8(2)11(3,4)5/h7-8H,6H2,1-5H3,(H,12,14). The van der Waals surface area contributed by atoms with E-state index in [2.05, 4.69) is 44.2 Å². The van der Waals surface area contributed by atoms with Crippen LogP contribution in [0.4, 0.5) is 0 Å². The fourth-order valence-corrected chi connectivity index (χ4v) is 1.83. The Morgan fingerprint density at radius 1 is 1.50 bits per heavy atom. The molecule has 0 aromatic carbocycles. The zero-order chi connectivity index (χ0) is 10.9. The summed E-state index contributed by atoms with van der Waals surface area (Å²) in [5.74, 6) is 0. The summed E-state index contributed by atoms with van der Waals surface area (Å²) >= 11 is 5.29. The van der Waals surface area contributed by atoms with Crippen LogP contribution in [0.3, 0.4) is 0 Å². The Balaban J connectivity index is 3.17. The van der Waals surface area contributed by atoms with Gasteiger partial charge in [-0.15, -0.1) is 0 Å². The summed E-state index contributed by atoms with van der Waals surface area (Å²) in [6.07, 6.45) is 3.04. The second-order valence-corrected chi connectivity index (χ2v) is 5.24. The van der Waals surface area contributed by atoms with Gasteiger partial charge in [-0.25, -0.2) is 0 Å². The molecule has 0 spiro atoms. The summed E-state index contributed by atoms with van der Waals surface area (Å²) in [5, 5.41) is 0. The minimum absolute atomic E-state index is 0.240. The van der Waals surface area contributed by atoms with Gasteiger partial charge in [0.1, 0.15) is 0 Å². The normalized spacial score (nSPS) is 14.4. The number of H-pyrrole nitrogens is 1. The second-order valence-electron chi connectivity index (χ2n) is 4.85. The molecule has 1 heterocycles. The molecule has 0 saturated heterocycles. The van der Waals surface area contributed by atoms with Crippen LogP contribution in [0.2, 0.25) is 0 Å². The Labute approximate surface area is 91.3 Å². The molecule has 0 amide bonds. The summed E-state index contributed by atoms with van der Waals surface area (Å²) in [6, 6.07) is 0.427. The van der Waals surface area contributed by atoms with Crippen molar-refractivity contribution in [2.75, 3.05) is 0 Å². The topological polar surface area (TPSA) is 20.7 Å². The Morgan fingerprint density at radius 2 is 2.07 bits per heavy atom. The van der Waals surface area contributed by atoms with Gasteiger partial charge in [-0.05, 0) is 31.0 Å². The highest BCUT2D eigenvalue weighted by Gasteiger charge is 2.23. The zero-order valence-corrected chi connectivity index (χ0v) is 10.5. The Bertz CT molecular complexity index is 354. The third-order valence-corrected chi connectivity index (χ3v) is 3.21. The lowest BCUT2D eigenvalue weighted by Gasteiger charge is -2.29. The molecule has 1 N–H and O–H groups in total. The largest absolute Gasteiger partial charge is 0.337 e. The van der Waals surface area contributed by atoms with E-state index in [-0.39, 0.29) is 5.41 Å². The van der Waals surface area contributed by atoms with Gasteiger partial charge >= 0.3 is 0 Å². The van der Waals surface area contributed by atoms with Gasteiger partial charge in [0.2, 0.25) is 0 Å². The van der Waals surface area contributed by atoms with Crippen molar-refractivity contribution in [1.82, 2.24) is 9.55 Å².